The molecule has 1 aliphatic rings. The summed E-state index contributed by atoms with van der Waals surface area (Å²) in [4.78, 5) is 0. The van der Waals surface area contributed by atoms with E-state index in [9.17, 15) is 21.6 Å². The Balaban J connectivity index is 1.66. The third kappa shape index (κ3) is 4.59. The molecule has 0 radical (unpaired) electrons. The molecule has 0 fully saturated rings. The highest BCUT2D eigenvalue weighted by Crippen LogP contribution is 2.29. The minimum Gasteiger partial charge on any atom is -0.309 e. The van der Waals surface area contributed by atoms with Crippen molar-refractivity contribution in [2.75, 3.05) is 0 Å². The lowest BCUT2D eigenvalue weighted by atomic mass is 10.1. The van der Waals surface area contributed by atoms with Gasteiger partial charge in [-0.2, -0.15) is 13.2 Å². The smallest absolute Gasteiger partial charge is 0.309 e. The molecule has 0 saturated carbocycles. The minimum absolute atomic E-state index is 0.0977. The van der Waals surface area contributed by atoms with Gasteiger partial charge in [0, 0.05) is 19.6 Å². The molecular weight excluding hydrogens is 353 g/mol. The second-order valence-corrected chi connectivity index (χ2v) is 7.79. The van der Waals surface area contributed by atoms with E-state index in [-0.39, 0.29) is 12.1 Å². The van der Waals surface area contributed by atoms with E-state index in [0.29, 0.717) is 0 Å². The van der Waals surface area contributed by atoms with Gasteiger partial charge < -0.3 is 5.32 Å². The van der Waals surface area contributed by atoms with Crippen molar-refractivity contribution in [3.8, 4) is 0 Å². The number of nitrogens with one attached hydrogen (secondary N) is 2. The summed E-state index contributed by atoms with van der Waals surface area (Å²) in [6, 6.07) is 10.1. The van der Waals surface area contributed by atoms with Gasteiger partial charge in [0.2, 0.25) is 10.0 Å². The van der Waals surface area contributed by atoms with Crippen LogP contribution in [-0.4, -0.2) is 8.42 Å². The quantitative estimate of drug-likeness (QED) is 0.851. The van der Waals surface area contributed by atoms with E-state index in [1.165, 1.54) is 17.7 Å². The summed E-state index contributed by atoms with van der Waals surface area (Å²) in [7, 11) is -3.74. The molecule has 0 aliphatic carbocycles. The molecular formula is C17H17F3N2O2S. The average Bonchev–Trinajstić information content (AvgIpc) is 3.00. The van der Waals surface area contributed by atoms with Crippen molar-refractivity contribution in [2.45, 2.75) is 31.6 Å². The summed E-state index contributed by atoms with van der Waals surface area (Å²) in [5.41, 5.74) is 2.38. The lowest BCUT2D eigenvalue weighted by Crippen LogP contribution is -2.25. The van der Waals surface area contributed by atoms with Crippen molar-refractivity contribution in [3.05, 3.63) is 70.3 Å². The zero-order valence-electron chi connectivity index (χ0n) is 13.2. The second-order valence-electron chi connectivity index (χ2n) is 5.98. The van der Waals surface area contributed by atoms with Crippen LogP contribution in [-0.2, 0) is 41.6 Å². The lowest BCUT2D eigenvalue weighted by Gasteiger charge is -2.10. The van der Waals surface area contributed by atoms with Crippen LogP contribution in [0.3, 0.4) is 0 Å². The highest BCUT2D eigenvalue weighted by atomic mass is 32.2. The van der Waals surface area contributed by atoms with Gasteiger partial charge in [0.25, 0.3) is 0 Å². The fraction of sp³-hybridized carbons (Fsp3) is 0.294. The van der Waals surface area contributed by atoms with E-state index >= 15 is 0 Å². The van der Waals surface area contributed by atoms with Crippen LogP contribution in [0.15, 0.2) is 42.5 Å². The molecule has 2 aromatic carbocycles. The van der Waals surface area contributed by atoms with E-state index in [2.05, 4.69) is 10.0 Å². The van der Waals surface area contributed by atoms with Gasteiger partial charge in [0.15, 0.2) is 0 Å². The Hall–Kier alpha value is -1.90. The van der Waals surface area contributed by atoms with Gasteiger partial charge >= 0.3 is 6.18 Å². The molecule has 0 bridgehead atoms. The molecule has 0 spiro atoms. The number of rotatable bonds is 5. The predicted octanol–water partition coefficient (Wildman–Crippen LogP) is 2.93. The normalized spacial score (nSPS) is 14.5. The molecule has 8 heteroatoms. The molecule has 0 saturated heterocycles. The minimum atomic E-state index is -4.49. The predicted molar refractivity (Wildman–Crippen MR) is 87.9 cm³/mol. The Morgan fingerprint density at radius 1 is 1.00 bits per heavy atom. The van der Waals surface area contributed by atoms with Crippen LogP contribution >= 0.6 is 0 Å². The maximum atomic E-state index is 12.7. The molecule has 0 amide bonds. The molecule has 134 valence electrons. The number of benzene rings is 2. The molecule has 0 atom stereocenters. The van der Waals surface area contributed by atoms with Crippen LogP contribution in [0.25, 0.3) is 0 Å². The van der Waals surface area contributed by atoms with Crippen LogP contribution < -0.4 is 10.0 Å². The van der Waals surface area contributed by atoms with E-state index in [1.54, 1.807) is 0 Å². The largest absolute Gasteiger partial charge is 0.416 e. The Morgan fingerprint density at radius 3 is 2.52 bits per heavy atom. The monoisotopic (exact) mass is 370 g/mol. The van der Waals surface area contributed by atoms with Crippen LogP contribution in [0.5, 0.6) is 0 Å². The number of halogens is 3. The summed E-state index contributed by atoms with van der Waals surface area (Å²) in [5, 5.41) is 3.21. The van der Waals surface area contributed by atoms with Crippen LogP contribution in [0, 0.1) is 0 Å². The van der Waals surface area contributed by atoms with E-state index in [4.69, 9.17) is 0 Å². The van der Waals surface area contributed by atoms with Gasteiger partial charge in [-0.3, -0.25) is 0 Å². The fourth-order valence-electron chi connectivity index (χ4n) is 2.76. The van der Waals surface area contributed by atoms with Crippen LogP contribution in [0.4, 0.5) is 13.2 Å². The van der Waals surface area contributed by atoms with Gasteiger partial charge in [0.05, 0.1) is 11.3 Å². The molecule has 2 aromatic rings. The van der Waals surface area contributed by atoms with Gasteiger partial charge in [-0.05, 0) is 28.3 Å². The zero-order valence-corrected chi connectivity index (χ0v) is 14.0. The Labute approximate surface area is 144 Å². The summed E-state index contributed by atoms with van der Waals surface area (Å²) in [5.74, 6) is -0.497. The van der Waals surface area contributed by atoms with E-state index in [1.807, 2.05) is 18.2 Å². The summed E-state index contributed by atoms with van der Waals surface area (Å²) in [6.07, 6.45) is -4.49. The van der Waals surface area contributed by atoms with E-state index < -0.39 is 27.5 Å². The first-order valence-electron chi connectivity index (χ1n) is 7.68. The molecule has 3 rings (SSSR count). The average molecular weight is 370 g/mol. The second kappa shape index (κ2) is 6.78. The standard InChI is InChI=1S/C17H17F3N2O2S/c18-17(19,20)16-3-1-2-13(7-16)11-25(23,24)22-8-12-4-5-14-9-21-10-15(14)6-12/h1-7,21-22H,8-11H2. The highest BCUT2D eigenvalue weighted by molar-refractivity contribution is 7.88. The van der Waals surface area contributed by atoms with Gasteiger partial charge in [0.1, 0.15) is 0 Å². The van der Waals surface area contributed by atoms with Gasteiger partial charge in [-0.15, -0.1) is 0 Å². The number of hydrogen-bond donors (Lipinski definition) is 2. The molecule has 25 heavy (non-hydrogen) atoms. The SMILES string of the molecule is O=S(=O)(Cc1cccc(C(F)(F)F)c1)NCc1ccc2c(c1)CNC2. The van der Waals surface area contributed by atoms with Crippen molar-refractivity contribution in [2.24, 2.45) is 0 Å². The molecule has 0 unspecified atom stereocenters. The number of sulfonamides is 1. The van der Waals surface area contributed by atoms with Crippen molar-refractivity contribution < 1.29 is 21.6 Å². The summed E-state index contributed by atoms with van der Waals surface area (Å²) in [6.45, 7) is 1.66. The van der Waals surface area contributed by atoms with Crippen molar-refractivity contribution in [1.29, 1.82) is 0 Å². The Kier molecular flexibility index (Phi) is 4.86. The van der Waals surface area contributed by atoms with Crippen molar-refractivity contribution in [3.63, 3.8) is 0 Å². The van der Waals surface area contributed by atoms with Crippen molar-refractivity contribution >= 4 is 10.0 Å². The lowest BCUT2D eigenvalue weighted by molar-refractivity contribution is -0.137. The first-order valence-corrected chi connectivity index (χ1v) is 9.33. The molecule has 0 aromatic heterocycles. The number of alkyl halides is 3. The Morgan fingerprint density at radius 2 is 1.76 bits per heavy atom. The molecule has 2 N–H and O–H groups in total. The fourth-order valence-corrected chi connectivity index (χ4v) is 3.87. The van der Waals surface area contributed by atoms with Crippen LogP contribution in [0.1, 0.15) is 27.8 Å². The van der Waals surface area contributed by atoms with Crippen molar-refractivity contribution in [1.82, 2.24) is 10.0 Å². The first kappa shape index (κ1) is 17.9. The molecule has 4 nitrogen and oxygen atoms in total. The third-order valence-electron chi connectivity index (χ3n) is 4.01. The third-order valence-corrected chi connectivity index (χ3v) is 5.31. The number of hydrogen-bond acceptors (Lipinski definition) is 3. The maximum Gasteiger partial charge on any atom is 0.416 e. The zero-order chi connectivity index (χ0) is 18.1. The van der Waals surface area contributed by atoms with Gasteiger partial charge in [-0.25, -0.2) is 13.1 Å². The summed E-state index contributed by atoms with van der Waals surface area (Å²) >= 11 is 0. The maximum absolute atomic E-state index is 12.7. The van der Waals surface area contributed by atoms with Gasteiger partial charge in [-0.1, -0.05) is 36.4 Å². The first-order chi connectivity index (χ1) is 11.7. The highest BCUT2D eigenvalue weighted by Gasteiger charge is 2.30. The van der Waals surface area contributed by atoms with E-state index in [0.717, 1.165) is 36.3 Å². The molecule has 1 heterocycles. The summed E-state index contributed by atoms with van der Waals surface area (Å²) < 4.78 is 64.9. The Bertz CT molecular complexity index is 880. The topological polar surface area (TPSA) is 58.2 Å². The van der Waals surface area contributed by atoms with Crippen LogP contribution in [0.2, 0.25) is 0 Å². The number of fused-ring (bicyclic) bond motifs is 1. The molecule has 1 aliphatic heterocycles.